The smallest absolute Gasteiger partial charge is 0.356 e. The Morgan fingerprint density at radius 2 is 1.82 bits per heavy atom. The van der Waals surface area contributed by atoms with Crippen molar-refractivity contribution < 1.29 is 19.1 Å². The highest BCUT2D eigenvalue weighted by Crippen LogP contribution is 2.33. The molecule has 0 bridgehead atoms. The average molecular weight is 467 g/mol. The lowest BCUT2D eigenvalue weighted by atomic mass is 10.1. The highest BCUT2D eigenvalue weighted by atomic mass is 16.5. The number of hydrogen-bond acceptors (Lipinski definition) is 6. The molecule has 2 aromatic heterocycles. The van der Waals surface area contributed by atoms with E-state index < -0.39 is 5.97 Å². The average Bonchev–Trinajstić information content (AvgIpc) is 3.08. The van der Waals surface area contributed by atoms with E-state index in [0.29, 0.717) is 35.6 Å². The van der Waals surface area contributed by atoms with Crippen molar-refractivity contribution >= 4 is 34.3 Å². The van der Waals surface area contributed by atoms with Crippen molar-refractivity contribution in [2.75, 3.05) is 24.9 Å². The van der Waals surface area contributed by atoms with Crippen molar-refractivity contribution in [3.63, 3.8) is 0 Å². The lowest BCUT2D eigenvalue weighted by Gasteiger charge is -2.17. The van der Waals surface area contributed by atoms with Gasteiger partial charge in [0, 0.05) is 24.9 Å². The summed E-state index contributed by atoms with van der Waals surface area (Å²) in [6, 6.07) is 9.97. The fourth-order valence-corrected chi connectivity index (χ4v) is 4.22. The normalized spacial score (nSPS) is 12.0. The predicted molar refractivity (Wildman–Crippen MR) is 135 cm³/mol. The van der Waals surface area contributed by atoms with Crippen LogP contribution in [0.2, 0.25) is 0 Å². The molecule has 0 spiro atoms. The minimum absolute atomic E-state index is 0.251. The van der Waals surface area contributed by atoms with Gasteiger partial charge in [0.05, 0.1) is 31.8 Å². The Morgan fingerprint density at radius 1 is 1.12 bits per heavy atom. The van der Waals surface area contributed by atoms with E-state index >= 15 is 0 Å². The van der Waals surface area contributed by atoms with Crippen LogP contribution in [0.25, 0.3) is 11.0 Å². The molecule has 0 aliphatic heterocycles. The molecule has 2 heterocycles. The molecule has 1 unspecified atom stereocenters. The Kier molecular flexibility index (Phi) is 8.15. The summed E-state index contributed by atoms with van der Waals surface area (Å²) in [6.07, 6.45) is 3.43. The van der Waals surface area contributed by atoms with Crippen molar-refractivity contribution in [3.8, 4) is 5.75 Å². The summed E-state index contributed by atoms with van der Waals surface area (Å²) in [5.41, 5.74) is 3.22. The molecule has 1 aromatic carbocycles. The number of esters is 1. The Hall–Kier alpha value is -3.55. The minimum atomic E-state index is -0.529. The number of carbonyl (C=O) groups is 2. The number of aryl methyl sites for hydroxylation is 2. The number of anilines is 2. The molecule has 0 radical (unpaired) electrons. The lowest BCUT2D eigenvalue weighted by Crippen LogP contribution is -2.17. The second-order valence-electron chi connectivity index (χ2n) is 8.92. The van der Waals surface area contributed by atoms with Gasteiger partial charge in [0.25, 0.3) is 0 Å². The van der Waals surface area contributed by atoms with Gasteiger partial charge in [-0.2, -0.15) is 0 Å². The van der Waals surface area contributed by atoms with Crippen LogP contribution >= 0.6 is 0 Å². The number of ether oxygens (including phenoxy) is 2. The number of carbonyl (C=O) groups excluding carboxylic acids is 2. The van der Waals surface area contributed by atoms with Crippen LogP contribution in [0.4, 0.5) is 11.4 Å². The molecule has 34 heavy (non-hydrogen) atoms. The molecule has 0 saturated carbocycles. The van der Waals surface area contributed by atoms with Gasteiger partial charge in [0.15, 0.2) is 5.69 Å². The van der Waals surface area contributed by atoms with Crippen LogP contribution in [0.3, 0.4) is 0 Å². The zero-order valence-corrected chi connectivity index (χ0v) is 20.8. The molecule has 8 heteroatoms. The predicted octanol–water partition coefficient (Wildman–Crippen LogP) is 4.88. The van der Waals surface area contributed by atoms with E-state index in [1.807, 2.05) is 34.9 Å². The van der Waals surface area contributed by atoms with E-state index in [0.717, 1.165) is 23.4 Å². The first-order valence-electron chi connectivity index (χ1n) is 11.5. The van der Waals surface area contributed by atoms with Gasteiger partial charge >= 0.3 is 5.97 Å². The summed E-state index contributed by atoms with van der Waals surface area (Å²) < 4.78 is 12.1. The number of benzene rings is 1. The molecular weight excluding hydrogens is 432 g/mol. The van der Waals surface area contributed by atoms with Crippen molar-refractivity contribution in [3.05, 3.63) is 47.8 Å². The molecule has 182 valence electrons. The van der Waals surface area contributed by atoms with E-state index in [2.05, 4.69) is 36.4 Å². The Morgan fingerprint density at radius 3 is 2.41 bits per heavy atom. The number of pyridine rings is 1. The first-order valence-corrected chi connectivity index (χ1v) is 11.5. The third-order valence-corrected chi connectivity index (χ3v) is 5.60. The number of rotatable bonds is 10. The van der Waals surface area contributed by atoms with E-state index in [-0.39, 0.29) is 17.6 Å². The van der Waals surface area contributed by atoms with Crippen molar-refractivity contribution in [1.82, 2.24) is 9.55 Å². The summed E-state index contributed by atoms with van der Waals surface area (Å²) in [7, 11) is 2.96. The number of aromatic nitrogens is 2. The zero-order valence-electron chi connectivity index (χ0n) is 20.8. The number of fused-ring (bicyclic) bond motifs is 1. The maximum absolute atomic E-state index is 12.8. The summed E-state index contributed by atoms with van der Waals surface area (Å²) in [5, 5.41) is 6.99. The first-order chi connectivity index (χ1) is 16.2. The number of hydrogen-bond donors (Lipinski definition) is 2. The van der Waals surface area contributed by atoms with Gasteiger partial charge < -0.3 is 24.7 Å². The maximum atomic E-state index is 12.8. The van der Waals surface area contributed by atoms with Crippen LogP contribution in [-0.2, 0) is 22.5 Å². The summed E-state index contributed by atoms with van der Waals surface area (Å²) >= 11 is 0. The molecule has 1 amide bonds. The van der Waals surface area contributed by atoms with Crippen LogP contribution in [0, 0.1) is 5.92 Å². The maximum Gasteiger partial charge on any atom is 0.356 e. The van der Waals surface area contributed by atoms with Crippen LogP contribution in [0.15, 0.2) is 36.5 Å². The monoisotopic (exact) mass is 466 g/mol. The highest BCUT2D eigenvalue weighted by molar-refractivity contribution is 6.10. The summed E-state index contributed by atoms with van der Waals surface area (Å²) in [5.74, 6) is 0.538. The Labute approximate surface area is 200 Å². The van der Waals surface area contributed by atoms with Crippen LogP contribution in [0.5, 0.6) is 5.75 Å². The minimum Gasteiger partial charge on any atom is -0.497 e. The molecule has 0 aliphatic carbocycles. The van der Waals surface area contributed by atoms with E-state index in [1.165, 1.54) is 14.0 Å². The standard InChI is InChI=1S/C26H34N4O4/c1-16(2)13-17(3)28-20-14-22-23(29-18(4)31)24(26(32)34-6)30(25(22)27-15-20)12-11-19-7-9-21(33-5)10-8-19/h7-10,14-17,28H,11-13H2,1-6H3,(H,29,31). The molecule has 3 rings (SSSR count). The third-order valence-electron chi connectivity index (χ3n) is 5.60. The number of amides is 1. The zero-order chi connectivity index (χ0) is 24.8. The van der Waals surface area contributed by atoms with Crippen molar-refractivity contribution in [1.29, 1.82) is 0 Å². The molecule has 0 aliphatic rings. The quantitative estimate of drug-likeness (QED) is 0.414. The molecule has 8 nitrogen and oxygen atoms in total. The van der Waals surface area contributed by atoms with E-state index in [9.17, 15) is 9.59 Å². The molecule has 0 fully saturated rings. The van der Waals surface area contributed by atoms with Crippen molar-refractivity contribution in [2.24, 2.45) is 5.92 Å². The fraction of sp³-hybridized carbons (Fsp3) is 0.423. The van der Waals surface area contributed by atoms with Gasteiger partial charge in [0.1, 0.15) is 11.4 Å². The molecule has 0 saturated heterocycles. The second-order valence-corrected chi connectivity index (χ2v) is 8.92. The van der Waals surface area contributed by atoms with E-state index in [1.54, 1.807) is 13.3 Å². The molecule has 2 N–H and O–H groups in total. The molecule has 1 atom stereocenters. The van der Waals surface area contributed by atoms with Crippen LogP contribution in [-0.4, -0.2) is 41.7 Å². The molecular formula is C26H34N4O4. The van der Waals surface area contributed by atoms with Gasteiger partial charge in [-0.3, -0.25) is 4.79 Å². The van der Waals surface area contributed by atoms with Gasteiger partial charge in [-0.1, -0.05) is 26.0 Å². The summed E-state index contributed by atoms with van der Waals surface area (Å²) in [4.78, 5) is 29.5. The van der Waals surface area contributed by atoms with Gasteiger partial charge in [-0.15, -0.1) is 0 Å². The fourth-order valence-electron chi connectivity index (χ4n) is 4.22. The van der Waals surface area contributed by atoms with Gasteiger partial charge in [0.2, 0.25) is 5.91 Å². The second kappa shape index (κ2) is 11.0. The Bertz CT molecular complexity index is 1150. The number of nitrogens with one attached hydrogen (secondary N) is 2. The SMILES string of the molecule is COC(=O)c1c(NC(C)=O)c2cc(NC(C)CC(C)C)cnc2n1CCc1ccc(OC)cc1. The summed E-state index contributed by atoms with van der Waals surface area (Å²) in [6.45, 7) is 8.39. The Balaban J connectivity index is 2.05. The van der Waals surface area contributed by atoms with Crippen LogP contribution < -0.4 is 15.4 Å². The van der Waals surface area contributed by atoms with Gasteiger partial charge in [-0.25, -0.2) is 9.78 Å². The topological polar surface area (TPSA) is 94.5 Å². The first kappa shape index (κ1) is 25.1. The molecule has 3 aromatic rings. The lowest BCUT2D eigenvalue weighted by molar-refractivity contribution is -0.114. The number of methoxy groups -OCH3 is 2. The van der Waals surface area contributed by atoms with Crippen LogP contribution in [0.1, 0.15) is 50.2 Å². The number of nitrogens with zero attached hydrogens (tertiary/aromatic N) is 2. The van der Waals surface area contributed by atoms with Crippen molar-refractivity contribution in [2.45, 2.75) is 53.1 Å². The largest absolute Gasteiger partial charge is 0.497 e. The van der Waals surface area contributed by atoms with E-state index in [4.69, 9.17) is 9.47 Å². The van der Waals surface area contributed by atoms with Gasteiger partial charge in [-0.05, 0) is 49.4 Å². The highest BCUT2D eigenvalue weighted by Gasteiger charge is 2.25. The third kappa shape index (κ3) is 5.87.